The molecule has 0 saturated carbocycles. The van der Waals surface area contributed by atoms with Crippen molar-refractivity contribution in [3.63, 3.8) is 0 Å². The Hall–Kier alpha value is -3.35. The minimum absolute atomic E-state index is 0.0518. The van der Waals surface area contributed by atoms with Gasteiger partial charge in [0, 0.05) is 30.8 Å². The number of benzene rings is 2. The summed E-state index contributed by atoms with van der Waals surface area (Å²) in [5, 5.41) is 3.04. The molecular formula is C27H34N2O5. The standard InChI is InChI=1S/C27H34N2O5/c1-5-33-26(32)34-23-12-8-21(9-13-23)25(31)29-16-14-19(15-17-29)18-28-24(30)20-6-10-22(11-7-20)27(2,3)4/h6-13,19H,5,14-18H2,1-4H3,(H,28,30). The Labute approximate surface area is 201 Å². The van der Waals surface area contributed by atoms with E-state index < -0.39 is 6.16 Å². The van der Waals surface area contributed by atoms with Crippen LogP contribution in [0.3, 0.4) is 0 Å². The number of likely N-dealkylation sites (tertiary alicyclic amines) is 1. The van der Waals surface area contributed by atoms with Gasteiger partial charge in [-0.15, -0.1) is 0 Å². The Morgan fingerprint density at radius 3 is 2.09 bits per heavy atom. The van der Waals surface area contributed by atoms with Crippen molar-refractivity contribution in [2.45, 2.75) is 46.0 Å². The molecule has 34 heavy (non-hydrogen) atoms. The SMILES string of the molecule is CCOC(=O)Oc1ccc(C(=O)N2CCC(CNC(=O)c3ccc(C(C)(C)C)cc3)CC2)cc1. The molecule has 7 nitrogen and oxygen atoms in total. The average Bonchev–Trinajstić information content (AvgIpc) is 2.82. The first-order valence-electron chi connectivity index (χ1n) is 11.8. The number of carbonyl (C=O) groups excluding carboxylic acids is 3. The molecule has 1 aliphatic rings. The molecule has 3 rings (SSSR count). The highest BCUT2D eigenvalue weighted by Gasteiger charge is 2.24. The van der Waals surface area contributed by atoms with Gasteiger partial charge < -0.3 is 19.7 Å². The summed E-state index contributed by atoms with van der Waals surface area (Å²) in [4.78, 5) is 38.6. The molecule has 2 aromatic carbocycles. The fraction of sp³-hybridized carbons (Fsp3) is 0.444. The second-order valence-electron chi connectivity index (χ2n) is 9.58. The van der Waals surface area contributed by atoms with E-state index in [1.165, 1.54) is 5.56 Å². The number of hydrogen-bond acceptors (Lipinski definition) is 5. The molecule has 1 saturated heterocycles. The topological polar surface area (TPSA) is 84.9 Å². The lowest BCUT2D eigenvalue weighted by Crippen LogP contribution is -2.41. The van der Waals surface area contributed by atoms with E-state index in [2.05, 4.69) is 26.1 Å². The number of piperidine rings is 1. The van der Waals surface area contributed by atoms with Crippen molar-refractivity contribution in [3.05, 3.63) is 65.2 Å². The predicted octanol–water partition coefficient (Wildman–Crippen LogP) is 4.80. The van der Waals surface area contributed by atoms with E-state index >= 15 is 0 Å². The first-order valence-corrected chi connectivity index (χ1v) is 11.8. The lowest BCUT2D eigenvalue weighted by atomic mass is 9.86. The molecular weight excluding hydrogens is 432 g/mol. The van der Waals surface area contributed by atoms with Crippen LogP contribution in [0.5, 0.6) is 5.75 Å². The van der Waals surface area contributed by atoms with Crippen molar-refractivity contribution < 1.29 is 23.9 Å². The van der Waals surface area contributed by atoms with Crippen LogP contribution in [0.1, 0.15) is 66.8 Å². The second kappa shape index (κ2) is 11.2. The summed E-state index contributed by atoms with van der Waals surface area (Å²) in [5.41, 5.74) is 2.46. The summed E-state index contributed by atoms with van der Waals surface area (Å²) in [6, 6.07) is 14.2. The normalized spacial score (nSPS) is 14.4. The highest BCUT2D eigenvalue weighted by Crippen LogP contribution is 2.23. The number of nitrogens with one attached hydrogen (secondary N) is 1. The number of rotatable bonds is 6. The van der Waals surface area contributed by atoms with Crippen molar-refractivity contribution in [2.75, 3.05) is 26.2 Å². The zero-order chi connectivity index (χ0) is 24.7. The fourth-order valence-corrected chi connectivity index (χ4v) is 3.89. The summed E-state index contributed by atoms with van der Waals surface area (Å²) >= 11 is 0. The molecule has 0 unspecified atom stereocenters. The minimum Gasteiger partial charge on any atom is -0.434 e. The number of hydrogen-bond donors (Lipinski definition) is 1. The van der Waals surface area contributed by atoms with Gasteiger partial charge in [0.2, 0.25) is 0 Å². The Kier molecular flexibility index (Phi) is 8.31. The Morgan fingerprint density at radius 2 is 1.53 bits per heavy atom. The Morgan fingerprint density at radius 1 is 0.941 bits per heavy atom. The van der Waals surface area contributed by atoms with Crippen LogP contribution in [-0.2, 0) is 10.2 Å². The third kappa shape index (κ3) is 6.83. The van der Waals surface area contributed by atoms with Crippen LogP contribution in [0.4, 0.5) is 4.79 Å². The third-order valence-corrected chi connectivity index (χ3v) is 6.03. The lowest BCUT2D eigenvalue weighted by Gasteiger charge is -2.32. The molecule has 0 aliphatic carbocycles. The molecule has 1 heterocycles. The predicted molar refractivity (Wildman–Crippen MR) is 130 cm³/mol. The van der Waals surface area contributed by atoms with Crippen molar-refractivity contribution in [2.24, 2.45) is 5.92 Å². The largest absolute Gasteiger partial charge is 0.513 e. The first kappa shape index (κ1) is 25.3. The van der Waals surface area contributed by atoms with E-state index in [-0.39, 0.29) is 23.8 Å². The number of carbonyl (C=O) groups is 3. The van der Waals surface area contributed by atoms with Gasteiger partial charge in [-0.25, -0.2) is 4.79 Å². The fourth-order valence-electron chi connectivity index (χ4n) is 3.89. The van der Waals surface area contributed by atoms with Gasteiger partial charge in [0.25, 0.3) is 11.8 Å². The van der Waals surface area contributed by atoms with Crippen molar-refractivity contribution in [1.29, 1.82) is 0 Å². The summed E-state index contributed by atoms with van der Waals surface area (Å²) < 4.78 is 9.77. The molecule has 0 atom stereocenters. The van der Waals surface area contributed by atoms with Gasteiger partial charge in [-0.2, -0.15) is 0 Å². The summed E-state index contributed by atoms with van der Waals surface area (Å²) in [5.74, 6) is 0.549. The van der Waals surface area contributed by atoms with Crippen molar-refractivity contribution in [1.82, 2.24) is 10.2 Å². The molecule has 1 N–H and O–H groups in total. The second-order valence-corrected chi connectivity index (χ2v) is 9.58. The van der Waals surface area contributed by atoms with Gasteiger partial charge in [-0.1, -0.05) is 32.9 Å². The zero-order valence-corrected chi connectivity index (χ0v) is 20.4. The highest BCUT2D eigenvalue weighted by molar-refractivity contribution is 5.95. The van der Waals surface area contributed by atoms with E-state index in [0.29, 0.717) is 42.4 Å². The number of nitrogens with zero attached hydrogens (tertiary/aromatic N) is 1. The van der Waals surface area contributed by atoms with Crippen LogP contribution in [0.2, 0.25) is 0 Å². The summed E-state index contributed by atoms with van der Waals surface area (Å²) in [7, 11) is 0. The van der Waals surface area contributed by atoms with E-state index in [4.69, 9.17) is 9.47 Å². The molecule has 0 radical (unpaired) electrons. The first-order chi connectivity index (χ1) is 16.2. The van der Waals surface area contributed by atoms with Gasteiger partial charge in [0.15, 0.2) is 0 Å². The van der Waals surface area contributed by atoms with Gasteiger partial charge >= 0.3 is 6.16 Å². The molecule has 0 spiro atoms. The molecule has 1 fully saturated rings. The number of amides is 2. The summed E-state index contributed by atoms with van der Waals surface area (Å²) in [6.45, 7) is 10.3. The van der Waals surface area contributed by atoms with Crippen LogP contribution in [0, 0.1) is 5.92 Å². The van der Waals surface area contributed by atoms with Gasteiger partial charge in [0.1, 0.15) is 5.75 Å². The van der Waals surface area contributed by atoms with Crippen LogP contribution < -0.4 is 10.1 Å². The monoisotopic (exact) mass is 466 g/mol. The Bertz CT molecular complexity index is 985. The minimum atomic E-state index is -0.766. The third-order valence-electron chi connectivity index (χ3n) is 6.03. The molecule has 0 aromatic heterocycles. The maximum absolute atomic E-state index is 12.8. The smallest absolute Gasteiger partial charge is 0.434 e. The van der Waals surface area contributed by atoms with Gasteiger partial charge in [0.05, 0.1) is 6.61 Å². The van der Waals surface area contributed by atoms with E-state index in [9.17, 15) is 14.4 Å². The molecule has 1 aliphatic heterocycles. The molecule has 2 aromatic rings. The van der Waals surface area contributed by atoms with Crippen molar-refractivity contribution in [3.8, 4) is 5.75 Å². The highest BCUT2D eigenvalue weighted by atomic mass is 16.7. The Balaban J connectivity index is 1.44. The van der Waals surface area contributed by atoms with E-state index in [0.717, 1.165) is 12.8 Å². The maximum atomic E-state index is 12.8. The van der Waals surface area contributed by atoms with Crippen molar-refractivity contribution >= 4 is 18.0 Å². The summed E-state index contributed by atoms with van der Waals surface area (Å²) in [6.07, 6.45) is 0.899. The van der Waals surface area contributed by atoms with Crippen LogP contribution >= 0.6 is 0 Å². The van der Waals surface area contributed by atoms with Crippen LogP contribution in [0.15, 0.2) is 48.5 Å². The molecule has 2 amide bonds. The quantitative estimate of drug-likeness (QED) is 0.488. The van der Waals surface area contributed by atoms with Crippen LogP contribution in [-0.4, -0.2) is 49.1 Å². The lowest BCUT2D eigenvalue weighted by molar-refractivity contribution is 0.0684. The van der Waals surface area contributed by atoms with E-state index in [1.807, 2.05) is 29.2 Å². The molecule has 0 bridgehead atoms. The molecule has 7 heteroatoms. The molecule has 182 valence electrons. The zero-order valence-electron chi connectivity index (χ0n) is 20.4. The van der Waals surface area contributed by atoms with Gasteiger partial charge in [-0.3, -0.25) is 9.59 Å². The van der Waals surface area contributed by atoms with Gasteiger partial charge in [-0.05, 0) is 73.1 Å². The number of ether oxygens (including phenoxy) is 2. The van der Waals surface area contributed by atoms with Crippen LogP contribution in [0.25, 0.3) is 0 Å². The average molecular weight is 467 g/mol. The van der Waals surface area contributed by atoms with E-state index in [1.54, 1.807) is 31.2 Å². The maximum Gasteiger partial charge on any atom is 0.513 e.